The Hall–Kier alpha value is -2.10. The van der Waals surface area contributed by atoms with Crippen LogP contribution in [0.3, 0.4) is 0 Å². The van der Waals surface area contributed by atoms with Crippen molar-refractivity contribution in [3.63, 3.8) is 0 Å². The number of nitrogens with two attached hydrogens (primary N) is 1. The van der Waals surface area contributed by atoms with Gasteiger partial charge >= 0.3 is 0 Å². The first-order valence-corrected chi connectivity index (χ1v) is 4.53. The van der Waals surface area contributed by atoms with Gasteiger partial charge in [0.2, 0.25) is 11.8 Å². The zero-order valence-corrected chi connectivity index (χ0v) is 8.32. The van der Waals surface area contributed by atoms with Gasteiger partial charge in [0.25, 0.3) is 5.91 Å². The van der Waals surface area contributed by atoms with Gasteiger partial charge in [0.15, 0.2) is 0 Å². The van der Waals surface area contributed by atoms with Crippen LogP contribution in [0, 0.1) is 11.3 Å². The van der Waals surface area contributed by atoms with Crippen LogP contribution < -0.4 is 11.1 Å². The van der Waals surface area contributed by atoms with E-state index in [0.29, 0.717) is 6.42 Å². The third-order valence-corrected chi connectivity index (χ3v) is 1.88. The molecule has 1 aromatic heterocycles. The highest BCUT2D eigenvalue weighted by atomic mass is 16.2. The van der Waals surface area contributed by atoms with Gasteiger partial charge in [-0.1, -0.05) is 6.92 Å². The van der Waals surface area contributed by atoms with E-state index < -0.39 is 5.91 Å². The lowest BCUT2D eigenvalue weighted by atomic mass is 10.1. The maximum atomic E-state index is 11.5. The molecular weight excluding hydrogens is 196 g/mol. The number of aromatic amines is 1. The Bertz CT molecular complexity index is 379. The number of nitrogen functional groups attached to an aromatic ring is 1. The first-order valence-electron chi connectivity index (χ1n) is 4.53. The number of anilines is 1. The second-order valence-electron chi connectivity index (χ2n) is 2.98. The molecule has 0 aliphatic rings. The zero-order valence-electron chi connectivity index (χ0n) is 8.32. The van der Waals surface area contributed by atoms with Crippen LogP contribution in [0.5, 0.6) is 0 Å². The van der Waals surface area contributed by atoms with Crippen molar-refractivity contribution in [3.8, 4) is 6.07 Å². The molecule has 0 spiro atoms. The fourth-order valence-electron chi connectivity index (χ4n) is 1.04. The molecule has 4 N–H and O–H groups in total. The highest BCUT2D eigenvalue weighted by Gasteiger charge is 2.14. The van der Waals surface area contributed by atoms with Crippen molar-refractivity contribution in [3.05, 3.63) is 5.82 Å². The molecular formula is C8H12N6O. The zero-order chi connectivity index (χ0) is 11.3. The molecule has 1 amide bonds. The van der Waals surface area contributed by atoms with Gasteiger partial charge in [0.1, 0.15) is 0 Å². The minimum Gasteiger partial charge on any atom is -0.366 e. The number of hydrogen-bond acceptors (Lipinski definition) is 5. The van der Waals surface area contributed by atoms with E-state index in [1.807, 2.05) is 13.0 Å². The molecule has 0 aromatic carbocycles. The number of nitriles is 1. The Balaban J connectivity index is 2.59. The van der Waals surface area contributed by atoms with Crippen LogP contribution in [0.15, 0.2) is 0 Å². The summed E-state index contributed by atoms with van der Waals surface area (Å²) >= 11 is 0. The molecule has 1 atom stereocenters. The van der Waals surface area contributed by atoms with Gasteiger partial charge < -0.3 is 11.1 Å². The lowest BCUT2D eigenvalue weighted by Crippen LogP contribution is -2.34. The van der Waals surface area contributed by atoms with Crippen molar-refractivity contribution in [2.45, 2.75) is 25.8 Å². The molecule has 1 rings (SSSR count). The Morgan fingerprint density at radius 1 is 1.80 bits per heavy atom. The minimum absolute atomic E-state index is 0.0217. The smallest absolute Gasteiger partial charge is 0.288 e. The van der Waals surface area contributed by atoms with E-state index in [1.165, 1.54) is 0 Å². The third-order valence-electron chi connectivity index (χ3n) is 1.88. The molecule has 80 valence electrons. The monoisotopic (exact) mass is 208 g/mol. The SMILES string of the molecule is CCC(CC#N)NC(=O)c1nc(N)n[nH]1. The molecule has 7 nitrogen and oxygen atoms in total. The third kappa shape index (κ3) is 2.95. The summed E-state index contributed by atoms with van der Waals surface area (Å²) in [7, 11) is 0. The van der Waals surface area contributed by atoms with E-state index in [2.05, 4.69) is 20.5 Å². The fourth-order valence-corrected chi connectivity index (χ4v) is 1.04. The van der Waals surface area contributed by atoms with Gasteiger partial charge in [-0.2, -0.15) is 10.2 Å². The summed E-state index contributed by atoms with van der Waals surface area (Å²) in [5.74, 6) is -0.321. The molecule has 7 heteroatoms. The van der Waals surface area contributed by atoms with E-state index >= 15 is 0 Å². The average Bonchev–Trinajstić information content (AvgIpc) is 2.64. The molecule has 0 saturated carbocycles. The maximum Gasteiger partial charge on any atom is 0.288 e. The van der Waals surface area contributed by atoms with Crippen LogP contribution in [-0.4, -0.2) is 27.1 Å². The van der Waals surface area contributed by atoms with Crippen LogP contribution in [0.25, 0.3) is 0 Å². The van der Waals surface area contributed by atoms with Crippen molar-refractivity contribution in [1.29, 1.82) is 5.26 Å². The van der Waals surface area contributed by atoms with Gasteiger partial charge in [0.05, 0.1) is 12.5 Å². The Morgan fingerprint density at radius 2 is 2.53 bits per heavy atom. The van der Waals surface area contributed by atoms with Gasteiger partial charge in [-0.05, 0) is 6.42 Å². The summed E-state index contributed by atoms with van der Waals surface area (Å²) in [5, 5.41) is 17.1. The summed E-state index contributed by atoms with van der Waals surface area (Å²) in [5.41, 5.74) is 5.25. The summed E-state index contributed by atoms with van der Waals surface area (Å²) in [4.78, 5) is 15.2. The number of carbonyl (C=O) groups is 1. The highest BCUT2D eigenvalue weighted by molar-refractivity contribution is 5.90. The lowest BCUT2D eigenvalue weighted by molar-refractivity contribution is 0.0926. The minimum atomic E-state index is -0.402. The molecule has 0 bridgehead atoms. The second kappa shape index (κ2) is 4.95. The predicted molar refractivity (Wildman–Crippen MR) is 52.6 cm³/mol. The number of hydrogen-bond donors (Lipinski definition) is 3. The van der Waals surface area contributed by atoms with E-state index in [0.717, 1.165) is 0 Å². The molecule has 1 heterocycles. The Kier molecular flexibility index (Phi) is 3.62. The normalized spacial score (nSPS) is 11.7. The van der Waals surface area contributed by atoms with Crippen molar-refractivity contribution in [1.82, 2.24) is 20.5 Å². The molecule has 1 unspecified atom stereocenters. The quantitative estimate of drug-likeness (QED) is 0.633. The van der Waals surface area contributed by atoms with Crippen LogP contribution in [0.2, 0.25) is 0 Å². The van der Waals surface area contributed by atoms with Crippen LogP contribution in [0.1, 0.15) is 30.4 Å². The van der Waals surface area contributed by atoms with Gasteiger partial charge in [-0.3, -0.25) is 9.89 Å². The second-order valence-corrected chi connectivity index (χ2v) is 2.98. The number of H-pyrrole nitrogens is 1. The highest BCUT2D eigenvalue weighted by Crippen LogP contribution is 1.99. The number of carbonyl (C=O) groups excluding carboxylic acids is 1. The van der Waals surface area contributed by atoms with Crippen molar-refractivity contribution >= 4 is 11.9 Å². The molecule has 0 aliphatic heterocycles. The van der Waals surface area contributed by atoms with E-state index in [9.17, 15) is 4.79 Å². The number of rotatable bonds is 4. The topological polar surface area (TPSA) is 120 Å². The number of nitrogens with zero attached hydrogens (tertiary/aromatic N) is 3. The van der Waals surface area contributed by atoms with Crippen molar-refractivity contribution in [2.75, 3.05) is 5.73 Å². The van der Waals surface area contributed by atoms with E-state index in [4.69, 9.17) is 11.0 Å². The van der Waals surface area contributed by atoms with Crippen molar-refractivity contribution in [2.24, 2.45) is 0 Å². The van der Waals surface area contributed by atoms with Crippen LogP contribution in [-0.2, 0) is 0 Å². The van der Waals surface area contributed by atoms with Gasteiger partial charge in [-0.25, -0.2) is 0 Å². The summed E-state index contributed by atoms with van der Waals surface area (Å²) in [6.45, 7) is 1.89. The maximum absolute atomic E-state index is 11.5. The summed E-state index contributed by atoms with van der Waals surface area (Å²) in [6, 6.07) is 1.82. The summed E-state index contributed by atoms with van der Waals surface area (Å²) < 4.78 is 0. The predicted octanol–water partition coefficient (Wildman–Crippen LogP) is -0.191. The first kappa shape index (κ1) is 11.0. The molecule has 15 heavy (non-hydrogen) atoms. The Morgan fingerprint density at radius 3 is 3.00 bits per heavy atom. The lowest BCUT2D eigenvalue weighted by Gasteiger charge is -2.11. The van der Waals surface area contributed by atoms with Gasteiger partial charge in [0, 0.05) is 6.04 Å². The largest absolute Gasteiger partial charge is 0.366 e. The number of nitrogens with one attached hydrogen (secondary N) is 2. The first-order chi connectivity index (χ1) is 7.17. The Labute approximate surface area is 86.7 Å². The fraction of sp³-hybridized carbons (Fsp3) is 0.500. The number of amides is 1. The molecule has 0 saturated heterocycles. The average molecular weight is 208 g/mol. The molecule has 0 aliphatic carbocycles. The van der Waals surface area contributed by atoms with Crippen LogP contribution >= 0.6 is 0 Å². The van der Waals surface area contributed by atoms with Gasteiger partial charge in [-0.15, -0.1) is 5.10 Å². The molecule has 0 fully saturated rings. The van der Waals surface area contributed by atoms with Crippen molar-refractivity contribution < 1.29 is 4.79 Å². The van der Waals surface area contributed by atoms with E-state index in [1.54, 1.807) is 0 Å². The molecule has 1 aromatic rings. The molecule has 0 radical (unpaired) electrons. The standard InChI is InChI=1S/C8H12N6O/c1-2-5(3-4-9)11-7(15)6-12-8(10)14-13-6/h5H,2-3H2,1H3,(H,11,15)(H3,10,12,13,14). The number of aromatic nitrogens is 3. The van der Waals surface area contributed by atoms with Crippen LogP contribution in [0.4, 0.5) is 5.95 Å². The summed E-state index contributed by atoms with van der Waals surface area (Å²) in [6.07, 6.45) is 0.953. The van der Waals surface area contributed by atoms with E-state index in [-0.39, 0.29) is 24.2 Å².